The van der Waals surface area contributed by atoms with Crippen LogP contribution in [0.3, 0.4) is 0 Å². The Morgan fingerprint density at radius 1 is 1.39 bits per heavy atom. The highest BCUT2D eigenvalue weighted by atomic mass is 16.2. The molecule has 0 saturated carbocycles. The molecule has 0 saturated heterocycles. The largest absolute Gasteiger partial charge is 0.338 e. The molecule has 0 unspecified atom stereocenters. The van der Waals surface area contributed by atoms with Crippen LogP contribution in [0.25, 0.3) is 0 Å². The monoisotopic (exact) mass is 253 g/mol. The summed E-state index contributed by atoms with van der Waals surface area (Å²) in [6.07, 6.45) is 4.59. The minimum Gasteiger partial charge on any atom is -0.338 e. The molecule has 0 radical (unpaired) electrons. The van der Waals surface area contributed by atoms with E-state index in [9.17, 15) is 4.79 Å². The van der Waals surface area contributed by atoms with Gasteiger partial charge >= 0.3 is 6.03 Å². The molecule has 1 N–H and O–H groups in total. The Morgan fingerprint density at radius 3 is 2.67 bits per heavy atom. The lowest BCUT2D eigenvalue weighted by molar-refractivity contribution is 0.204. The van der Waals surface area contributed by atoms with E-state index in [1.54, 1.807) is 9.58 Å². The van der Waals surface area contributed by atoms with Crippen LogP contribution in [0.4, 0.5) is 4.79 Å². The van der Waals surface area contributed by atoms with Gasteiger partial charge in [-0.2, -0.15) is 5.10 Å². The summed E-state index contributed by atoms with van der Waals surface area (Å²) >= 11 is 0. The average Bonchev–Trinajstić information content (AvgIpc) is 2.71. The molecule has 1 rings (SSSR count). The molecule has 1 aromatic rings. The van der Waals surface area contributed by atoms with Crippen LogP contribution in [0.15, 0.2) is 12.4 Å². The van der Waals surface area contributed by atoms with Gasteiger partial charge in [-0.3, -0.25) is 4.68 Å². The summed E-state index contributed by atoms with van der Waals surface area (Å²) in [6.45, 7) is 2.23. The number of amides is 2. The van der Waals surface area contributed by atoms with Gasteiger partial charge < -0.3 is 15.1 Å². The van der Waals surface area contributed by atoms with Crippen molar-refractivity contribution in [2.24, 2.45) is 7.05 Å². The molecule has 18 heavy (non-hydrogen) atoms. The van der Waals surface area contributed by atoms with Gasteiger partial charge in [0, 0.05) is 39.9 Å². The molecule has 0 bridgehead atoms. The van der Waals surface area contributed by atoms with Crippen LogP contribution in [0.5, 0.6) is 0 Å². The summed E-state index contributed by atoms with van der Waals surface area (Å²) in [7, 11) is 7.68. The smallest absolute Gasteiger partial charge is 0.317 e. The van der Waals surface area contributed by atoms with Crippen LogP contribution in [-0.2, 0) is 13.5 Å². The van der Waals surface area contributed by atoms with E-state index >= 15 is 0 Å². The second-order valence-corrected chi connectivity index (χ2v) is 4.73. The number of carbonyl (C=O) groups excluding carboxylic acids is 1. The van der Waals surface area contributed by atoms with E-state index in [0.717, 1.165) is 25.1 Å². The lowest BCUT2D eigenvalue weighted by Crippen LogP contribution is -2.41. The van der Waals surface area contributed by atoms with Crippen molar-refractivity contribution in [1.29, 1.82) is 0 Å². The molecule has 0 aromatic carbocycles. The first kappa shape index (κ1) is 14.5. The van der Waals surface area contributed by atoms with E-state index in [1.165, 1.54) is 0 Å². The van der Waals surface area contributed by atoms with Gasteiger partial charge in [-0.15, -0.1) is 0 Å². The van der Waals surface area contributed by atoms with Crippen molar-refractivity contribution in [2.45, 2.75) is 6.42 Å². The van der Waals surface area contributed by atoms with Crippen molar-refractivity contribution < 1.29 is 4.79 Å². The predicted molar refractivity (Wildman–Crippen MR) is 71.5 cm³/mol. The first-order chi connectivity index (χ1) is 8.49. The first-order valence-electron chi connectivity index (χ1n) is 6.10. The summed E-state index contributed by atoms with van der Waals surface area (Å²) in [6, 6.07) is -0.0271. The fourth-order valence-corrected chi connectivity index (χ4v) is 1.50. The average molecular weight is 253 g/mol. The molecular weight excluding hydrogens is 230 g/mol. The third-order valence-corrected chi connectivity index (χ3v) is 2.68. The van der Waals surface area contributed by atoms with Gasteiger partial charge in [-0.05, 0) is 26.1 Å². The Balaban J connectivity index is 2.20. The van der Waals surface area contributed by atoms with Crippen molar-refractivity contribution in [1.82, 2.24) is 24.9 Å². The maximum absolute atomic E-state index is 11.7. The molecular formula is C12H23N5O. The molecule has 0 aliphatic rings. The van der Waals surface area contributed by atoms with E-state index in [4.69, 9.17) is 0 Å². The lowest BCUT2D eigenvalue weighted by Gasteiger charge is -2.20. The highest BCUT2D eigenvalue weighted by Gasteiger charge is 2.07. The normalized spacial score (nSPS) is 10.7. The molecule has 0 fully saturated rings. The third kappa shape index (κ3) is 5.18. The van der Waals surface area contributed by atoms with Crippen LogP contribution >= 0.6 is 0 Å². The molecule has 0 aliphatic heterocycles. The highest BCUT2D eigenvalue weighted by Crippen LogP contribution is 1.96. The quantitative estimate of drug-likeness (QED) is 0.786. The number of hydrogen-bond acceptors (Lipinski definition) is 3. The number of urea groups is 1. The van der Waals surface area contributed by atoms with Gasteiger partial charge in [-0.1, -0.05) is 0 Å². The molecule has 2 amide bonds. The summed E-state index contributed by atoms with van der Waals surface area (Å²) < 4.78 is 1.76. The van der Waals surface area contributed by atoms with E-state index in [2.05, 4.69) is 15.3 Å². The summed E-state index contributed by atoms with van der Waals surface area (Å²) in [4.78, 5) is 15.5. The second-order valence-electron chi connectivity index (χ2n) is 4.73. The van der Waals surface area contributed by atoms with Gasteiger partial charge in [0.15, 0.2) is 0 Å². The van der Waals surface area contributed by atoms with E-state index in [-0.39, 0.29) is 6.03 Å². The maximum atomic E-state index is 11.7. The van der Waals surface area contributed by atoms with E-state index in [1.807, 2.05) is 40.6 Å². The fraction of sp³-hybridized carbons (Fsp3) is 0.667. The molecule has 6 heteroatoms. The maximum Gasteiger partial charge on any atom is 0.317 e. The Morgan fingerprint density at radius 2 is 2.11 bits per heavy atom. The van der Waals surface area contributed by atoms with Crippen LogP contribution < -0.4 is 5.32 Å². The number of rotatable bonds is 6. The molecule has 1 heterocycles. The van der Waals surface area contributed by atoms with Gasteiger partial charge in [0.2, 0.25) is 0 Å². The third-order valence-electron chi connectivity index (χ3n) is 2.68. The molecule has 6 nitrogen and oxygen atoms in total. The minimum absolute atomic E-state index is 0.0271. The Hall–Kier alpha value is -1.56. The number of aromatic nitrogens is 2. The van der Waals surface area contributed by atoms with Crippen LogP contribution in [0, 0.1) is 0 Å². The van der Waals surface area contributed by atoms with Crippen molar-refractivity contribution in [3.05, 3.63) is 18.0 Å². The van der Waals surface area contributed by atoms with Crippen molar-refractivity contribution >= 4 is 6.03 Å². The Labute approximate surface area is 109 Å². The number of nitrogens with one attached hydrogen (secondary N) is 1. The topological polar surface area (TPSA) is 53.4 Å². The van der Waals surface area contributed by atoms with Gasteiger partial charge in [0.1, 0.15) is 0 Å². The zero-order valence-electron chi connectivity index (χ0n) is 11.7. The predicted octanol–water partition coefficient (Wildman–Crippen LogP) is 0.166. The minimum atomic E-state index is -0.0271. The van der Waals surface area contributed by atoms with E-state index < -0.39 is 0 Å². The van der Waals surface area contributed by atoms with Gasteiger partial charge in [0.05, 0.1) is 6.20 Å². The van der Waals surface area contributed by atoms with Crippen molar-refractivity contribution in [3.8, 4) is 0 Å². The second kappa shape index (κ2) is 7.00. The number of nitrogens with zero attached hydrogens (tertiary/aromatic N) is 4. The zero-order chi connectivity index (χ0) is 13.5. The lowest BCUT2D eigenvalue weighted by atomic mass is 10.2. The summed E-state index contributed by atoms with van der Waals surface area (Å²) in [5.74, 6) is 0. The summed E-state index contributed by atoms with van der Waals surface area (Å²) in [5, 5.41) is 6.98. The Bertz CT molecular complexity index is 374. The fourth-order valence-electron chi connectivity index (χ4n) is 1.50. The summed E-state index contributed by atoms with van der Waals surface area (Å²) in [5.41, 5.74) is 1.13. The number of hydrogen-bond donors (Lipinski definition) is 1. The highest BCUT2D eigenvalue weighted by molar-refractivity contribution is 5.73. The van der Waals surface area contributed by atoms with Crippen molar-refractivity contribution in [3.63, 3.8) is 0 Å². The van der Waals surface area contributed by atoms with Gasteiger partial charge in [0.25, 0.3) is 0 Å². The molecule has 0 spiro atoms. The van der Waals surface area contributed by atoms with Gasteiger partial charge in [-0.25, -0.2) is 4.79 Å². The SMILES string of the molecule is CN(C)CCN(C)C(=O)NCCc1cnn(C)c1. The van der Waals surface area contributed by atoms with Crippen LogP contribution in [-0.4, -0.2) is 66.4 Å². The van der Waals surface area contributed by atoms with Crippen LogP contribution in [0.2, 0.25) is 0 Å². The molecule has 0 atom stereocenters. The molecule has 0 aliphatic carbocycles. The number of likely N-dealkylation sites (N-methyl/N-ethyl adjacent to an activating group) is 2. The molecule has 1 aromatic heterocycles. The Kier molecular flexibility index (Phi) is 5.64. The standard InChI is InChI=1S/C12H23N5O/c1-15(2)7-8-16(3)12(18)13-6-5-11-9-14-17(4)10-11/h9-10H,5-8H2,1-4H3,(H,13,18). The number of aryl methyl sites for hydroxylation is 1. The number of carbonyl (C=O) groups is 1. The van der Waals surface area contributed by atoms with Crippen molar-refractivity contribution in [2.75, 3.05) is 40.8 Å². The zero-order valence-corrected chi connectivity index (χ0v) is 11.7. The first-order valence-corrected chi connectivity index (χ1v) is 6.10. The van der Waals surface area contributed by atoms with Crippen LogP contribution in [0.1, 0.15) is 5.56 Å². The van der Waals surface area contributed by atoms with E-state index in [0.29, 0.717) is 6.54 Å². The molecule has 102 valence electrons.